The second-order valence-corrected chi connectivity index (χ2v) is 8.65. The molecule has 2 aromatic heterocycles. The first-order valence-corrected chi connectivity index (χ1v) is 11.6. The molecule has 4 rings (SSSR count). The van der Waals surface area contributed by atoms with Crippen molar-refractivity contribution < 1.29 is 9.53 Å². The third kappa shape index (κ3) is 5.06. The summed E-state index contributed by atoms with van der Waals surface area (Å²) in [6, 6.07) is 16.9. The molecule has 0 aliphatic heterocycles. The Balaban J connectivity index is 1.59. The first kappa shape index (κ1) is 22.5. The molecule has 0 saturated heterocycles. The van der Waals surface area contributed by atoms with Gasteiger partial charge >= 0.3 is 5.69 Å². The molecule has 1 N–H and O–H groups in total. The Morgan fingerprint density at radius 2 is 1.67 bits per heavy atom. The molecule has 0 saturated carbocycles. The summed E-state index contributed by atoms with van der Waals surface area (Å²) in [6.45, 7) is 4.79. The number of fused-ring (bicyclic) bond motifs is 1. The number of hydrogen-bond acceptors (Lipinski definition) is 5. The predicted octanol–water partition coefficient (Wildman–Crippen LogP) is 3.30. The minimum Gasteiger partial charge on any atom is -0.494 e. The monoisotopic (exact) mass is 463 g/mol. The van der Waals surface area contributed by atoms with Crippen molar-refractivity contribution in [2.75, 3.05) is 6.61 Å². The first-order valence-electron chi connectivity index (χ1n) is 10.7. The standard InChI is InChI=1S/C25H25N3O4S/c1-3-32-20-10-8-19(9-11-20)15-28-24(30)23-21(12-13-33-23)27(25(28)31)16-22(29)26-14-18-6-4-17(2)5-7-18/h4-13H,3,14-16H2,1-2H3,(H,26,29). The van der Waals surface area contributed by atoms with Crippen molar-refractivity contribution >= 4 is 27.5 Å². The fourth-order valence-electron chi connectivity index (χ4n) is 3.57. The quantitative estimate of drug-likeness (QED) is 0.435. The molecule has 1 amide bonds. The van der Waals surface area contributed by atoms with Gasteiger partial charge in [0, 0.05) is 6.54 Å². The fourth-order valence-corrected chi connectivity index (χ4v) is 4.41. The Hall–Kier alpha value is -3.65. The van der Waals surface area contributed by atoms with Crippen molar-refractivity contribution in [2.24, 2.45) is 0 Å². The van der Waals surface area contributed by atoms with Gasteiger partial charge in [0.25, 0.3) is 5.56 Å². The average Bonchev–Trinajstić information content (AvgIpc) is 3.30. The molecule has 2 aromatic carbocycles. The third-order valence-electron chi connectivity index (χ3n) is 5.32. The number of rotatable bonds is 8. The topological polar surface area (TPSA) is 82.3 Å². The molecular formula is C25H25N3O4S. The van der Waals surface area contributed by atoms with E-state index in [1.54, 1.807) is 11.4 Å². The maximum absolute atomic E-state index is 13.2. The molecule has 0 spiro atoms. The van der Waals surface area contributed by atoms with E-state index in [2.05, 4.69) is 5.32 Å². The number of benzene rings is 2. The van der Waals surface area contributed by atoms with Gasteiger partial charge in [-0.2, -0.15) is 0 Å². The lowest BCUT2D eigenvalue weighted by Gasteiger charge is -2.13. The van der Waals surface area contributed by atoms with Crippen LogP contribution in [0.4, 0.5) is 0 Å². The van der Waals surface area contributed by atoms with Crippen LogP contribution in [0.5, 0.6) is 5.75 Å². The Labute approximate surface area is 194 Å². The summed E-state index contributed by atoms with van der Waals surface area (Å²) < 4.78 is 8.45. The second-order valence-electron chi connectivity index (χ2n) is 7.73. The van der Waals surface area contributed by atoms with Crippen LogP contribution < -0.4 is 21.3 Å². The summed E-state index contributed by atoms with van der Waals surface area (Å²) in [5.74, 6) is 0.432. The zero-order valence-electron chi connectivity index (χ0n) is 18.5. The summed E-state index contributed by atoms with van der Waals surface area (Å²) in [5, 5.41) is 4.61. The molecule has 2 heterocycles. The van der Waals surface area contributed by atoms with Gasteiger partial charge in [0.05, 0.1) is 18.7 Å². The van der Waals surface area contributed by atoms with E-state index in [-0.39, 0.29) is 24.6 Å². The van der Waals surface area contributed by atoms with Crippen molar-refractivity contribution in [3.63, 3.8) is 0 Å². The van der Waals surface area contributed by atoms with Gasteiger partial charge in [-0.1, -0.05) is 42.0 Å². The molecule has 8 heteroatoms. The highest BCUT2D eigenvalue weighted by Crippen LogP contribution is 2.16. The van der Waals surface area contributed by atoms with E-state index in [1.807, 2.05) is 62.4 Å². The highest BCUT2D eigenvalue weighted by Gasteiger charge is 2.16. The summed E-state index contributed by atoms with van der Waals surface area (Å²) in [6.07, 6.45) is 0. The van der Waals surface area contributed by atoms with Gasteiger partial charge in [0.2, 0.25) is 5.91 Å². The molecule has 4 aromatic rings. The highest BCUT2D eigenvalue weighted by atomic mass is 32.1. The van der Waals surface area contributed by atoms with Crippen molar-refractivity contribution in [2.45, 2.75) is 33.5 Å². The van der Waals surface area contributed by atoms with Gasteiger partial charge in [-0.25, -0.2) is 4.79 Å². The van der Waals surface area contributed by atoms with Gasteiger partial charge < -0.3 is 10.1 Å². The highest BCUT2D eigenvalue weighted by molar-refractivity contribution is 7.17. The second kappa shape index (κ2) is 9.87. The van der Waals surface area contributed by atoms with Crippen LogP contribution in [0, 0.1) is 6.92 Å². The van der Waals surface area contributed by atoms with Crippen LogP contribution in [0.25, 0.3) is 10.2 Å². The number of amides is 1. The summed E-state index contributed by atoms with van der Waals surface area (Å²) in [7, 11) is 0. The molecule has 0 aliphatic rings. The Kier molecular flexibility index (Phi) is 6.74. The number of ether oxygens (including phenoxy) is 1. The number of hydrogen-bond donors (Lipinski definition) is 1. The molecule has 7 nitrogen and oxygen atoms in total. The molecule has 0 aliphatic carbocycles. The molecule has 0 unspecified atom stereocenters. The molecule has 0 radical (unpaired) electrons. The van der Waals surface area contributed by atoms with E-state index in [0.717, 1.165) is 22.4 Å². The predicted molar refractivity (Wildman–Crippen MR) is 130 cm³/mol. The summed E-state index contributed by atoms with van der Waals surface area (Å²) >= 11 is 1.26. The molecular weight excluding hydrogens is 438 g/mol. The maximum Gasteiger partial charge on any atom is 0.332 e. The average molecular weight is 464 g/mol. The number of nitrogens with one attached hydrogen (secondary N) is 1. The van der Waals surface area contributed by atoms with Crippen LogP contribution in [0.15, 0.2) is 69.6 Å². The summed E-state index contributed by atoms with van der Waals surface area (Å²) in [5.41, 5.74) is 2.53. The van der Waals surface area contributed by atoms with Crippen molar-refractivity contribution in [1.29, 1.82) is 0 Å². The minimum absolute atomic E-state index is 0.114. The van der Waals surface area contributed by atoms with E-state index >= 15 is 0 Å². The van der Waals surface area contributed by atoms with Crippen LogP contribution >= 0.6 is 11.3 Å². The summed E-state index contributed by atoms with van der Waals surface area (Å²) in [4.78, 5) is 38.9. The number of aromatic nitrogens is 2. The lowest BCUT2D eigenvalue weighted by Crippen LogP contribution is -2.42. The van der Waals surface area contributed by atoms with Gasteiger partial charge in [0.15, 0.2) is 0 Å². The van der Waals surface area contributed by atoms with E-state index < -0.39 is 5.69 Å². The Morgan fingerprint density at radius 3 is 2.36 bits per heavy atom. The first-order chi connectivity index (χ1) is 16.0. The Morgan fingerprint density at radius 1 is 0.970 bits per heavy atom. The van der Waals surface area contributed by atoms with Gasteiger partial charge in [-0.3, -0.25) is 18.7 Å². The molecule has 0 atom stereocenters. The lowest BCUT2D eigenvalue weighted by molar-refractivity contribution is -0.121. The maximum atomic E-state index is 13.2. The van der Waals surface area contributed by atoms with E-state index in [1.165, 1.54) is 20.5 Å². The number of carbonyl (C=O) groups is 1. The normalized spacial score (nSPS) is 11.0. The smallest absolute Gasteiger partial charge is 0.332 e. The zero-order chi connectivity index (χ0) is 23.4. The third-order valence-corrected chi connectivity index (χ3v) is 6.22. The number of thiophene rings is 1. The molecule has 170 valence electrons. The van der Waals surface area contributed by atoms with Gasteiger partial charge in [-0.15, -0.1) is 11.3 Å². The van der Waals surface area contributed by atoms with Crippen LogP contribution in [-0.4, -0.2) is 21.6 Å². The van der Waals surface area contributed by atoms with Gasteiger partial charge in [-0.05, 0) is 48.6 Å². The lowest BCUT2D eigenvalue weighted by atomic mass is 10.1. The largest absolute Gasteiger partial charge is 0.494 e. The molecule has 0 bridgehead atoms. The fraction of sp³-hybridized carbons (Fsp3) is 0.240. The van der Waals surface area contributed by atoms with Crippen molar-refractivity contribution in [3.8, 4) is 5.75 Å². The van der Waals surface area contributed by atoms with E-state index in [0.29, 0.717) is 23.4 Å². The number of aryl methyl sites for hydroxylation is 1. The van der Waals surface area contributed by atoms with Crippen molar-refractivity contribution in [3.05, 3.63) is 97.5 Å². The SMILES string of the molecule is CCOc1ccc(Cn2c(=O)c3sccc3n(CC(=O)NCc3ccc(C)cc3)c2=O)cc1. The van der Waals surface area contributed by atoms with E-state index in [4.69, 9.17) is 4.74 Å². The van der Waals surface area contributed by atoms with Crippen LogP contribution in [0.3, 0.4) is 0 Å². The minimum atomic E-state index is -0.509. The van der Waals surface area contributed by atoms with Crippen LogP contribution in [0.2, 0.25) is 0 Å². The number of nitrogens with zero attached hydrogens (tertiary/aromatic N) is 2. The van der Waals surface area contributed by atoms with Crippen LogP contribution in [0.1, 0.15) is 23.6 Å². The van der Waals surface area contributed by atoms with Crippen molar-refractivity contribution in [1.82, 2.24) is 14.5 Å². The zero-order valence-corrected chi connectivity index (χ0v) is 19.4. The van der Waals surface area contributed by atoms with Crippen LogP contribution in [-0.2, 0) is 24.4 Å². The molecule has 33 heavy (non-hydrogen) atoms. The Bertz CT molecular complexity index is 1380. The molecule has 0 fully saturated rings. The number of carbonyl (C=O) groups excluding carboxylic acids is 1. The van der Waals surface area contributed by atoms with E-state index in [9.17, 15) is 14.4 Å². The van der Waals surface area contributed by atoms with Gasteiger partial charge in [0.1, 0.15) is 17.0 Å².